The van der Waals surface area contributed by atoms with Gasteiger partial charge < -0.3 is 15.0 Å². The number of nitrogens with one attached hydrogen (secondary N) is 1. The molecule has 0 saturated carbocycles. The van der Waals surface area contributed by atoms with E-state index in [1.54, 1.807) is 19.2 Å². The fourth-order valence-corrected chi connectivity index (χ4v) is 3.02. The molecule has 1 aromatic rings. The minimum atomic E-state index is -0.109. The summed E-state index contributed by atoms with van der Waals surface area (Å²) in [7, 11) is 1.69. The predicted molar refractivity (Wildman–Crippen MR) is 85.2 cm³/mol. The molecule has 2 rings (SSSR count). The second-order valence-corrected chi connectivity index (χ2v) is 6.10. The standard InChI is InChI=1S/C17H27FN2O/c1-13-7-8-14(2)20(12-13)17-15(5-4-6-16(17)18)11-19-9-10-21-3/h4-6,13-14,19H,7-12H2,1-3H3. The van der Waals surface area contributed by atoms with Crippen molar-refractivity contribution in [2.45, 2.75) is 39.3 Å². The number of piperidine rings is 1. The van der Waals surface area contributed by atoms with Gasteiger partial charge in [-0.3, -0.25) is 0 Å². The Morgan fingerprint density at radius 3 is 2.90 bits per heavy atom. The van der Waals surface area contributed by atoms with Crippen molar-refractivity contribution in [2.24, 2.45) is 5.92 Å². The third kappa shape index (κ3) is 4.17. The molecule has 0 aliphatic carbocycles. The Bertz CT molecular complexity index is 452. The van der Waals surface area contributed by atoms with Crippen LogP contribution in [0.15, 0.2) is 18.2 Å². The summed E-state index contributed by atoms with van der Waals surface area (Å²) in [5.41, 5.74) is 1.81. The molecule has 1 aliphatic heterocycles. The average Bonchev–Trinajstić information content (AvgIpc) is 2.47. The van der Waals surface area contributed by atoms with Crippen LogP contribution in [0.1, 0.15) is 32.3 Å². The monoisotopic (exact) mass is 294 g/mol. The fourth-order valence-electron chi connectivity index (χ4n) is 3.02. The molecule has 2 unspecified atom stereocenters. The Balaban J connectivity index is 2.16. The Morgan fingerprint density at radius 2 is 2.14 bits per heavy atom. The van der Waals surface area contributed by atoms with Crippen molar-refractivity contribution in [3.8, 4) is 0 Å². The van der Waals surface area contributed by atoms with Crippen LogP contribution in [0.4, 0.5) is 10.1 Å². The zero-order valence-electron chi connectivity index (χ0n) is 13.4. The third-order valence-electron chi connectivity index (χ3n) is 4.27. The maximum Gasteiger partial charge on any atom is 0.146 e. The summed E-state index contributed by atoms with van der Waals surface area (Å²) in [4.78, 5) is 2.25. The quantitative estimate of drug-likeness (QED) is 0.816. The van der Waals surface area contributed by atoms with Gasteiger partial charge in [0.1, 0.15) is 5.82 Å². The molecule has 0 radical (unpaired) electrons. The number of hydrogen-bond acceptors (Lipinski definition) is 3. The van der Waals surface area contributed by atoms with Crippen LogP contribution in [-0.2, 0) is 11.3 Å². The number of para-hydroxylation sites is 1. The molecular formula is C17H27FN2O. The number of anilines is 1. The van der Waals surface area contributed by atoms with Gasteiger partial charge in [-0.15, -0.1) is 0 Å². The topological polar surface area (TPSA) is 24.5 Å². The van der Waals surface area contributed by atoms with Crippen LogP contribution in [0, 0.1) is 11.7 Å². The van der Waals surface area contributed by atoms with Gasteiger partial charge in [-0.05, 0) is 37.3 Å². The van der Waals surface area contributed by atoms with Crippen LogP contribution in [0.2, 0.25) is 0 Å². The molecule has 21 heavy (non-hydrogen) atoms. The molecule has 0 spiro atoms. The minimum absolute atomic E-state index is 0.109. The van der Waals surface area contributed by atoms with Gasteiger partial charge in [-0.25, -0.2) is 4.39 Å². The summed E-state index contributed by atoms with van der Waals surface area (Å²) in [6, 6.07) is 5.78. The Hall–Kier alpha value is -1.13. The molecular weight excluding hydrogens is 267 g/mol. The van der Waals surface area contributed by atoms with Gasteiger partial charge in [0.25, 0.3) is 0 Å². The van der Waals surface area contributed by atoms with Gasteiger partial charge >= 0.3 is 0 Å². The molecule has 1 heterocycles. The summed E-state index contributed by atoms with van der Waals surface area (Å²) in [5.74, 6) is 0.511. The van der Waals surface area contributed by atoms with Crippen molar-refractivity contribution in [1.82, 2.24) is 5.32 Å². The molecule has 0 amide bonds. The molecule has 1 aromatic carbocycles. The van der Waals surface area contributed by atoms with Crippen molar-refractivity contribution in [3.05, 3.63) is 29.6 Å². The van der Waals surface area contributed by atoms with Crippen molar-refractivity contribution in [3.63, 3.8) is 0 Å². The first kappa shape index (κ1) is 16.2. The normalized spacial score (nSPS) is 22.6. The second-order valence-electron chi connectivity index (χ2n) is 6.10. The average molecular weight is 294 g/mol. The third-order valence-corrected chi connectivity index (χ3v) is 4.27. The lowest BCUT2D eigenvalue weighted by Crippen LogP contribution is -2.42. The van der Waals surface area contributed by atoms with Crippen molar-refractivity contribution < 1.29 is 9.13 Å². The first-order valence-corrected chi connectivity index (χ1v) is 7.87. The van der Waals surface area contributed by atoms with Crippen LogP contribution in [-0.4, -0.2) is 32.8 Å². The van der Waals surface area contributed by atoms with E-state index in [1.807, 2.05) is 6.07 Å². The summed E-state index contributed by atoms with van der Waals surface area (Å²) >= 11 is 0. The molecule has 0 bridgehead atoms. The molecule has 4 heteroatoms. The second kappa shape index (κ2) is 7.76. The fraction of sp³-hybridized carbons (Fsp3) is 0.647. The SMILES string of the molecule is COCCNCc1cccc(F)c1N1CC(C)CCC1C. The van der Waals surface area contributed by atoms with E-state index in [0.29, 0.717) is 25.1 Å². The molecule has 1 N–H and O–H groups in total. The van der Waals surface area contributed by atoms with E-state index in [9.17, 15) is 4.39 Å². The summed E-state index contributed by atoms with van der Waals surface area (Å²) in [5, 5.41) is 3.32. The van der Waals surface area contributed by atoms with E-state index in [0.717, 1.165) is 30.8 Å². The lowest BCUT2D eigenvalue weighted by Gasteiger charge is -2.39. The van der Waals surface area contributed by atoms with Gasteiger partial charge in [0.2, 0.25) is 0 Å². The van der Waals surface area contributed by atoms with Gasteiger partial charge in [-0.1, -0.05) is 19.1 Å². The zero-order valence-corrected chi connectivity index (χ0v) is 13.4. The maximum atomic E-state index is 14.4. The van der Waals surface area contributed by atoms with E-state index in [1.165, 1.54) is 6.42 Å². The van der Waals surface area contributed by atoms with Crippen molar-refractivity contribution in [1.29, 1.82) is 0 Å². The number of benzene rings is 1. The lowest BCUT2D eigenvalue weighted by molar-refractivity contribution is 0.199. The summed E-state index contributed by atoms with van der Waals surface area (Å²) in [6.07, 6.45) is 2.36. The smallest absolute Gasteiger partial charge is 0.146 e. The van der Waals surface area contributed by atoms with Crippen LogP contribution in [0.5, 0.6) is 0 Å². The predicted octanol–water partition coefficient (Wildman–Crippen LogP) is 3.19. The largest absolute Gasteiger partial charge is 0.383 e. The van der Waals surface area contributed by atoms with Gasteiger partial charge in [0.15, 0.2) is 0 Å². The number of ether oxygens (including phenoxy) is 1. The number of rotatable bonds is 6. The zero-order chi connectivity index (χ0) is 15.2. The lowest BCUT2D eigenvalue weighted by atomic mass is 9.93. The Kier molecular flexibility index (Phi) is 6.00. The molecule has 0 aromatic heterocycles. The Labute approximate surface area is 127 Å². The number of hydrogen-bond donors (Lipinski definition) is 1. The molecule has 1 aliphatic rings. The van der Waals surface area contributed by atoms with E-state index in [2.05, 4.69) is 24.1 Å². The Morgan fingerprint density at radius 1 is 1.33 bits per heavy atom. The highest BCUT2D eigenvalue weighted by atomic mass is 19.1. The van der Waals surface area contributed by atoms with E-state index in [4.69, 9.17) is 4.74 Å². The van der Waals surface area contributed by atoms with E-state index in [-0.39, 0.29) is 5.82 Å². The first-order chi connectivity index (χ1) is 10.1. The van der Waals surface area contributed by atoms with Gasteiger partial charge in [0, 0.05) is 32.8 Å². The summed E-state index contributed by atoms with van der Waals surface area (Å²) < 4.78 is 19.5. The van der Waals surface area contributed by atoms with E-state index < -0.39 is 0 Å². The molecule has 1 fully saturated rings. The van der Waals surface area contributed by atoms with Crippen LogP contribution >= 0.6 is 0 Å². The van der Waals surface area contributed by atoms with Crippen LogP contribution < -0.4 is 10.2 Å². The number of methoxy groups -OCH3 is 1. The van der Waals surface area contributed by atoms with Crippen molar-refractivity contribution >= 4 is 5.69 Å². The van der Waals surface area contributed by atoms with Crippen LogP contribution in [0.25, 0.3) is 0 Å². The molecule has 118 valence electrons. The molecule has 3 nitrogen and oxygen atoms in total. The van der Waals surface area contributed by atoms with Crippen molar-refractivity contribution in [2.75, 3.05) is 31.7 Å². The summed E-state index contributed by atoms with van der Waals surface area (Å²) in [6.45, 7) is 7.50. The molecule has 1 saturated heterocycles. The minimum Gasteiger partial charge on any atom is -0.383 e. The number of nitrogens with zero attached hydrogens (tertiary/aromatic N) is 1. The van der Waals surface area contributed by atoms with Gasteiger partial charge in [0.05, 0.1) is 12.3 Å². The van der Waals surface area contributed by atoms with E-state index >= 15 is 0 Å². The number of halogens is 1. The highest BCUT2D eigenvalue weighted by molar-refractivity contribution is 5.56. The van der Waals surface area contributed by atoms with Gasteiger partial charge in [-0.2, -0.15) is 0 Å². The highest BCUT2D eigenvalue weighted by Crippen LogP contribution is 2.32. The molecule has 2 atom stereocenters. The highest BCUT2D eigenvalue weighted by Gasteiger charge is 2.26. The maximum absolute atomic E-state index is 14.4. The van der Waals surface area contributed by atoms with Crippen LogP contribution in [0.3, 0.4) is 0 Å². The first-order valence-electron chi connectivity index (χ1n) is 7.87.